The van der Waals surface area contributed by atoms with Gasteiger partial charge in [-0.3, -0.25) is 14.5 Å². The van der Waals surface area contributed by atoms with Crippen LogP contribution in [0, 0.1) is 0 Å². The highest BCUT2D eigenvalue weighted by Crippen LogP contribution is 2.38. The quantitative estimate of drug-likeness (QED) is 0.153. The van der Waals surface area contributed by atoms with Crippen LogP contribution in [0.15, 0.2) is 109 Å². The molecule has 1 aliphatic rings. The van der Waals surface area contributed by atoms with Gasteiger partial charge in [-0.05, 0) is 83.4 Å². The van der Waals surface area contributed by atoms with Gasteiger partial charge < -0.3 is 19.1 Å². The summed E-state index contributed by atoms with van der Waals surface area (Å²) < 4.78 is 18.5. The summed E-state index contributed by atoms with van der Waals surface area (Å²) in [6, 6.07) is 31.7. The van der Waals surface area contributed by atoms with E-state index in [0.717, 1.165) is 55.9 Å². The maximum Gasteiger partial charge on any atom is 0.259 e. The van der Waals surface area contributed by atoms with E-state index in [9.17, 15) is 4.79 Å². The highest BCUT2D eigenvalue weighted by molar-refractivity contribution is 6.12. The second-order valence-corrected chi connectivity index (χ2v) is 11.4. The fraction of sp³-hybridized carbons (Fsp3) is 0.125. The molecule has 238 valence electrons. The maximum absolute atomic E-state index is 13.8. The molecule has 0 saturated carbocycles. The van der Waals surface area contributed by atoms with E-state index in [4.69, 9.17) is 19.3 Å². The fourth-order valence-electron chi connectivity index (χ4n) is 6.02. The summed E-state index contributed by atoms with van der Waals surface area (Å²) in [5, 5.41) is 6.07. The third kappa shape index (κ3) is 6.03. The van der Waals surface area contributed by atoms with Crippen molar-refractivity contribution < 1.29 is 19.0 Å². The van der Waals surface area contributed by atoms with E-state index >= 15 is 0 Å². The number of nitrogens with zero attached hydrogens (tertiary/aromatic N) is 4. The first-order valence-corrected chi connectivity index (χ1v) is 15.6. The first-order valence-electron chi connectivity index (χ1n) is 15.6. The minimum atomic E-state index is -0.0520. The number of carbonyl (C=O) groups excluding carboxylic acids is 1. The van der Waals surface area contributed by atoms with Crippen molar-refractivity contribution >= 4 is 40.7 Å². The van der Waals surface area contributed by atoms with Gasteiger partial charge in [-0.25, -0.2) is 0 Å². The van der Waals surface area contributed by atoms with Crippen LogP contribution in [0.5, 0.6) is 17.2 Å². The van der Waals surface area contributed by atoms with Crippen molar-refractivity contribution in [1.82, 2.24) is 19.7 Å². The standard InChI is InChI=1S/C40H34N4O4/c1-46-31-13-8-28(9-14-31)25-44-38-23-29(10-16-35(38)36(42-44)17-11-27-18-20-41-21-19-27)22-37-33-6-4-5-7-34(33)40(45)43(37)26-30-12-15-32(47-2)24-39(30)48-3/h4-24H,25-26H2,1-3H3/b17-11+,37-22?. The Morgan fingerprint density at radius 2 is 1.46 bits per heavy atom. The number of amides is 1. The van der Waals surface area contributed by atoms with E-state index < -0.39 is 0 Å². The van der Waals surface area contributed by atoms with Crippen LogP contribution in [0.1, 0.15) is 43.9 Å². The molecule has 7 rings (SSSR count). The topological polar surface area (TPSA) is 78.7 Å². The van der Waals surface area contributed by atoms with E-state index in [1.165, 1.54) is 0 Å². The number of ether oxygens (including phenoxy) is 3. The highest BCUT2D eigenvalue weighted by atomic mass is 16.5. The number of fused-ring (bicyclic) bond motifs is 2. The predicted molar refractivity (Wildman–Crippen MR) is 189 cm³/mol. The fourth-order valence-corrected chi connectivity index (χ4v) is 6.02. The van der Waals surface area contributed by atoms with E-state index in [-0.39, 0.29) is 5.91 Å². The van der Waals surface area contributed by atoms with Gasteiger partial charge in [0.2, 0.25) is 0 Å². The molecule has 1 amide bonds. The highest BCUT2D eigenvalue weighted by Gasteiger charge is 2.32. The van der Waals surface area contributed by atoms with E-state index in [0.29, 0.717) is 30.2 Å². The SMILES string of the molecule is COc1ccc(Cn2nc(/C=C/c3ccncc3)c3ccc(C=C4c5ccccc5C(=O)N4Cc4ccc(OC)cc4OC)cc32)cc1. The average molecular weight is 635 g/mol. The summed E-state index contributed by atoms with van der Waals surface area (Å²) in [5.74, 6) is 2.11. The van der Waals surface area contributed by atoms with Crippen molar-refractivity contribution in [2.45, 2.75) is 13.1 Å². The zero-order chi connectivity index (χ0) is 33.0. The zero-order valence-corrected chi connectivity index (χ0v) is 27.0. The molecule has 3 heterocycles. The van der Waals surface area contributed by atoms with Crippen molar-refractivity contribution in [1.29, 1.82) is 0 Å². The molecule has 8 nitrogen and oxygen atoms in total. The maximum atomic E-state index is 13.8. The lowest BCUT2D eigenvalue weighted by molar-refractivity contribution is 0.0843. The second kappa shape index (κ2) is 13.3. The molecule has 1 aliphatic heterocycles. The van der Waals surface area contributed by atoms with Gasteiger partial charge in [-0.1, -0.05) is 42.5 Å². The van der Waals surface area contributed by atoms with Crippen LogP contribution >= 0.6 is 0 Å². The van der Waals surface area contributed by atoms with Gasteiger partial charge in [0.25, 0.3) is 5.91 Å². The van der Waals surface area contributed by atoms with E-state index in [2.05, 4.69) is 41.4 Å². The Hall–Kier alpha value is -6.15. The summed E-state index contributed by atoms with van der Waals surface area (Å²) in [6.45, 7) is 0.919. The van der Waals surface area contributed by atoms with Crippen molar-refractivity contribution in [2.75, 3.05) is 21.3 Å². The Bertz CT molecular complexity index is 2170. The molecule has 0 fully saturated rings. The van der Waals surface area contributed by atoms with Crippen LogP contribution in [-0.4, -0.2) is 46.9 Å². The molecule has 0 atom stereocenters. The number of aromatic nitrogens is 3. The summed E-state index contributed by atoms with van der Waals surface area (Å²) >= 11 is 0. The molecule has 4 aromatic carbocycles. The molecule has 2 aromatic heterocycles. The van der Waals surface area contributed by atoms with Crippen LogP contribution in [0.2, 0.25) is 0 Å². The molecule has 0 aliphatic carbocycles. The average Bonchev–Trinajstić information content (AvgIpc) is 3.61. The van der Waals surface area contributed by atoms with Crippen LogP contribution in [0.3, 0.4) is 0 Å². The molecular weight excluding hydrogens is 600 g/mol. The van der Waals surface area contributed by atoms with Gasteiger partial charge in [0.15, 0.2) is 0 Å². The molecule has 0 N–H and O–H groups in total. The summed E-state index contributed by atoms with van der Waals surface area (Å²) in [4.78, 5) is 19.8. The first-order chi connectivity index (χ1) is 23.5. The van der Waals surface area contributed by atoms with Gasteiger partial charge in [0, 0.05) is 40.5 Å². The Morgan fingerprint density at radius 3 is 2.21 bits per heavy atom. The van der Waals surface area contributed by atoms with Crippen molar-refractivity contribution in [3.63, 3.8) is 0 Å². The third-order valence-electron chi connectivity index (χ3n) is 8.53. The Balaban J connectivity index is 1.31. The normalized spacial score (nSPS) is 13.4. The molecule has 8 heteroatoms. The lowest BCUT2D eigenvalue weighted by atomic mass is 10.0. The van der Waals surface area contributed by atoms with E-state index in [1.54, 1.807) is 33.7 Å². The third-order valence-corrected chi connectivity index (χ3v) is 8.53. The molecule has 6 aromatic rings. The predicted octanol–water partition coefficient (Wildman–Crippen LogP) is 7.83. The molecule has 0 bridgehead atoms. The zero-order valence-electron chi connectivity index (χ0n) is 27.0. The largest absolute Gasteiger partial charge is 0.497 e. The minimum absolute atomic E-state index is 0.0520. The summed E-state index contributed by atoms with van der Waals surface area (Å²) in [6.07, 6.45) is 9.72. The van der Waals surface area contributed by atoms with Crippen molar-refractivity contribution in [2.24, 2.45) is 0 Å². The molecule has 0 spiro atoms. The summed E-state index contributed by atoms with van der Waals surface area (Å²) in [7, 11) is 4.91. The number of carbonyl (C=O) groups is 1. The van der Waals surface area contributed by atoms with Gasteiger partial charge in [-0.15, -0.1) is 0 Å². The molecular formula is C40H34N4O4. The lowest BCUT2D eigenvalue weighted by Gasteiger charge is -2.20. The number of methoxy groups -OCH3 is 3. The summed E-state index contributed by atoms with van der Waals surface area (Å²) in [5.41, 5.74) is 8.21. The minimum Gasteiger partial charge on any atom is -0.497 e. The van der Waals surface area contributed by atoms with Crippen LogP contribution < -0.4 is 14.2 Å². The van der Waals surface area contributed by atoms with Gasteiger partial charge >= 0.3 is 0 Å². The Kier molecular flexibility index (Phi) is 8.45. The molecule has 0 saturated heterocycles. The Morgan fingerprint density at radius 1 is 0.708 bits per heavy atom. The van der Waals surface area contributed by atoms with Crippen molar-refractivity contribution in [3.05, 3.63) is 149 Å². The number of benzene rings is 4. The smallest absolute Gasteiger partial charge is 0.259 e. The Labute approximate surface area is 279 Å². The monoisotopic (exact) mass is 634 g/mol. The number of rotatable bonds is 10. The van der Waals surface area contributed by atoms with Crippen LogP contribution in [-0.2, 0) is 13.1 Å². The number of hydrogen-bond acceptors (Lipinski definition) is 6. The van der Waals surface area contributed by atoms with Crippen LogP contribution in [0.4, 0.5) is 0 Å². The number of hydrogen-bond donors (Lipinski definition) is 0. The van der Waals surface area contributed by atoms with Crippen molar-refractivity contribution in [3.8, 4) is 17.2 Å². The molecule has 48 heavy (non-hydrogen) atoms. The van der Waals surface area contributed by atoms with Gasteiger partial charge in [0.1, 0.15) is 17.2 Å². The molecule has 0 radical (unpaired) electrons. The first kappa shape index (κ1) is 30.5. The van der Waals surface area contributed by atoms with Crippen LogP contribution in [0.25, 0.3) is 34.8 Å². The molecule has 0 unspecified atom stereocenters. The lowest BCUT2D eigenvalue weighted by Crippen LogP contribution is -2.23. The second-order valence-electron chi connectivity index (χ2n) is 11.4. The van der Waals surface area contributed by atoms with Gasteiger partial charge in [-0.2, -0.15) is 5.10 Å². The van der Waals surface area contributed by atoms with E-state index in [1.807, 2.05) is 88.5 Å². The van der Waals surface area contributed by atoms with Gasteiger partial charge in [0.05, 0.1) is 51.3 Å². The number of pyridine rings is 1.